The van der Waals surface area contributed by atoms with Crippen molar-refractivity contribution in [2.45, 2.75) is 17.3 Å². The van der Waals surface area contributed by atoms with Crippen molar-refractivity contribution in [1.29, 1.82) is 0 Å². The monoisotopic (exact) mass is 421 g/mol. The molecule has 1 N–H and O–H groups in total. The number of carbonyl (C=O) groups excluding carboxylic acids is 1. The molecule has 0 fully saturated rings. The summed E-state index contributed by atoms with van der Waals surface area (Å²) in [7, 11) is 0. The van der Waals surface area contributed by atoms with Crippen molar-refractivity contribution < 1.29 is 9.18 Å². The lowest BCUT2D eigenvalue weighted by molar-refractivity contribution is -0.115. The molecule has 0 bridgehead atoms. The lowest BCUT2D eigenvalue weighted by atomic mass is 10.3. The number of nitrogens with zero attached hydrogens (tertiary/aromatic N) is 4. The molecule has 1 aromatic heterocycles. The van der Waals surface area contributed by atoms with Gasteiger partial charge in [-0.1, -0.05) is 33.8 Å². The smallest absolute Gasteiger partial charge is 0.237 e. The number of hydrogen-bond acceptors (Lipinski definition) is 5. The lowest BCUT2D eigenvalue weighted by Gasteiger charge is -2.11. The minimum Gasteiger partial charge on any atom is -0.325 e. The highest BCUT2D eigenvalue weighted by molar-refractivity contribution is 9.10. The number of hydrogen-bond donors (Lipinski definition) is 1. The molecule has 6 nitrogen and oxygen atoms in total. The summed E-state index contributed by atoms with van der Waals surface area (Å²) in [6, 6.07) is 13.2. The molecule has 0 aliphatic heterocycles. The van der Waals surface area contributed by atoms with E-state index in [1.807, 2.05) is 24.3 Å². The van der Waals surface area contributed by atoms with Crippen molar-refractivity contribution >= 4 is 39.3 Å². The SMILES string of the molecule is CC(Sc1nnnn1-c1ccc(Br)cc1)C(=O)Nc1cccc(F)c1. The molecule has 128 valence electrons. The van der Waals surface area contributed by atoms with E-state index in [-0.39, 0.29) is 5.91 Å². The van der Waals surface area contributed by atoms with Gasteiger partial charge in [0.25, 0.3) is 0 Å². The Morgan fingerprint density at radius 1 is 1.28 bits per heavy atom. The van der Waals surface area contributed by atoms with Crippen molar-refractivity contribution in [3.63, 3.8) is 0 Å². The van der Waals surface area contributed by atoms with Gasteiger partial charge in [-0.25, -0.2) is 4.39 Å². The van der Waals surface area contributed by atoms with Crippen LogP contribution < -0.4 is 5.32 Å². The van der Waals surface area contributed by atoms with Gasteiger partial charge in [0.15, 0.2) is 0 Å². The second-order valence-electron chi connectivity index (χ2n) is 5.11. The normalized spacial score (nSPS) is 12.0. The highest BCUT2D eigenvalue weighted by atomic mass is 79.9. The molecule has 1 unspecified atom stereocenters. The number of aromatic nitrogens is 4. The quantitative estimate of drug-likeness (QED) is 0.636. The van der Waals surface area contributed by atoms with Crippen LogP contribution in [0.5, 0.6) is 0 Å². The first-order valence-corrected chi connectivity index (χ1v) is 8.97. The Balaban J connectivity index is 1.71. The molecule has 25 heavy (non-hydrogen) atoms. The maximum Gasteiger partial charge on any atom is 0.237 e. The van der Waals surface area contributed by atoms with Gasteiger partial charge in [-0.3, -0.25) is 4.79 Å². The predicted molar refractivity (Wildman–Crippen MR) is 97.2 cm³/mol. The van der Waals surface area contributed by atoms with E-state index in [1.165, 1.54) is 30.0 Å². The molecule has 1 heterocycles. The van der Waals surface area contributed by atoms with Crippen LogP contribution in [-0.4, -0.2) is 31.4 Å². The van der Waals surface area contributed by atoms with Crippen molar-refractivity contribution in [3.05, 3.63) is 58.8 Å². The van der Waals surface area contributed by atoms with Crippen LogP contribution >= 0.6 is 27.7 Å². The van der Waals surface area contributed by atoms with Crippen LogP contribution in [0.1, 0.15) is 6.92 Å². The number of rotatable bonds is 5. The second-order valence-corrected chi connectivity index (χ2v) is 7.33. The molecule has 0 saturated heterocycles. The van der Waals surface area contributed by atoms with Gasteiger partial charge in [0.1, 0.15) is 5.82 Å². The Morgan fingerprint density at radius 3 is 2.76 bits per heavy atom. The zero-order valence-electron chi connectivity index (χ0n) is 13.1. The average molecular weight is 422 g/mol. The van der Waals surface area contributed by atoms with Gasteiger partial charge in [-0.05, 0) is 59.8 Å². The molecule has 0 aliphatic rings. The summed E-state index contributed by atoms with van der Waals surface area (Å²) in [5.74, 6) is -0.668. The molecule has 1 amide bonds. The summed E-state index contributed by atoms with van der Waals surface area (Å²) in [6.45, 7) is 1.74. The van der Waals surface area contributed by atoms with Crippen LogP contribution in [0.4, 0.5) is 10.1 Å². The van der Waals surface area contributed by atoms with E-state index in [2.05, 4.69) is 36.8 Å². The Morgan fingerprint density at radius 2 is 2.04 bits per heavy atom. The average Bonchev–Trinajstić information content (AvgIpc) is 3.03. The molecule has 3 aromatic rings. The third-order valence-corrected chi connectivity index (χ3v) is 4.82. The zero-order valence-corrected chi connectivity index (χ0v) is 15.5. The molecule has 0 spiro atoms. The maximum absolute atomic E-state index is 13.2. The maximum atomic E-state index is 13.2. The summed E-state index contributed by atoms with van der Waals surface area (Å²) >= 11 is 4.59. The van der Waals surface area contributed by atoms with Crippen molar-refractivity contribution in [2.75, 3.05) is 5.32 Å². The number of amides is 1. The van der Waals surface area contributed by atoms with Gasteiger partial charge >= 0.3 is 0 Å². The molecular weight excluding hydrogens is 409 g/mol. The lowest BCUT2D eigenvalue weighted by Crippen LogP contribution is -2.23. The van der Waals surface area contributed by atoms with Crippen LogP contribution in [0.2, 0.25) is 0 Å². The van der Waals surface area contributed by atoms with Crippen LogP contribution in [0.15, 0.2) is 58.2 Å². The van der Waals surface area contributed by atoms with E-state index in [9.17, 15) is 9.18 Å². The third kappa shape index (κ3) is 4.43. The fourth-order valence-electron chi connectivity index (χ4n) is 2.02. The summed E-state index contributed by atoms with van der Waals surface area (Å²) in [5, 5.41) is 14.3. The summed E-state index contributed by atoms with van der Waals surface area (Å²) < 4.78 is 15.7. The Labute approximate surface area is 155 Å². The summed E-state index contributed by atoms with van der Waals surface area (Å²) in [6.07, 6.45) is 0. The molecule has 2 aromatic carbocycles. The van der Waals surface area contributed by atoms with Crippen LogP contribution in [0.25, 0.3) is 5.69 Å². The second kappa shape index (κ2) is 7.75. The van der Waals surface area contributed by atoms with Crippen molar-refractivity contribution in [2.24, 2.45) is 0 Å². The Kier molecular flexibility index (Phi) is 5.44. The predicted octanol–water partition coefficient (Wildman–Crippen LogP) is 3.68. The van der Waals surface area contributed by atoms with E-state index >= 15 is 0 Å². The van der Waals surface area contributed by atoms with Gasteiger partial charge in [0.2, 0.25) is 11.1 Å². The van der Waals surface area contributed by atoms with Gasteiger partial charge in [-0.2, -0.15) is 4.68 Å². The van der Waals surface area contributed by atoms with E-state index in [0.717, 1.165) is 10.2 Å². The van der Waals surface area contributed by atoms with Crippen molar-refractivity contribution in [3.8, 4) is 5.69 Å². The number of halogens is 2. The highest BCUT2D eigenvalue weighted by Crippen LogP contribution is 2.24. The fourth-order valence-corrected chi connectivity index (χ4v) is 3.09. The zero-order chi connectivity index (χ0) is 17.8. The van der Waals surface area contributed by atoms with Crippen molar-refractivity contribution in [1.82, 2.24) is 20.2 Å². The number of nitrogens with one attached hydrogen (secondary N) is 1. The van der Waals surface area contributed by atoms with Crippen LogP contribution in [-0.2, 0) is 4.79 Å². The van der Waals surface area contributed by atoms with Gasteiger partial charge in [0.05, 0.1) is 10.9 Å². The first-order chi connectivity index (χ1) is 12.0. The molecule has 9 heteroatoms. The first kappa shape index (κ1) is 17.6. The van der Waals surface area contributed by atoms with E-state index in [1.54, 1.807) is 17.7 Å². The Bertz CT molecular complexity index is 886. The summed E-state index contributed by atoms with van der Waals surface area (Å²) in [4.78, 5) is 12.3. The fraction of sp³-hybridized carbons (Fsp3) is 0.125. The molecule has 0 aliphatic carbocycles. The van der Waals surface area contributed by atoms with E-state index in [4.69, 9.17) is 0 Å². The number of thioether (sulfide) groups is 1. The molecule has 1 atom stereocenters. The van der Waals surface area contributed by atoms with Crippen LogP contribution in [0, 0.1) is 5.82 Å². The third-order valence-electron chi connectivity index (χ3n) is 3.26. The number of benzene rings is 2. The highest BCUT2D eigenvalue weighted by Gasteiger charge is 2.19. The Hall–Kier alpha value is -2.26. The van der Waals surface area contributed by atoms with Gasteiger partial charge in [-0.15, -0.1) is 5.10 Å². The molecule has 0 saturated carbocycles. The largest absolute Gasteiger partial charge is 0.325 e. The molecule has 3 rings (SSSR count). The standard InChI is InChI=1S/C16H13BrFN5OS/c1-10(15(24)19-13-4-2-3-12(18)9-13)25-16-20-21-22-23(16)14-7-5-11(17)6-8-14/h2-10H,1H3,(H,19,24). The van der Waals surface area contributed by atoms with E-state index < -0.39 is 11.1 Å². The van der Waals surface area contributed by atoms with E-state index in [0.29, 0.717) is 10.8 Å². The molecular formula is C16H13BrFN5OS. The van der Waals surface area contributed by atoms with Crippen LogP contribution in [0.3, 0.4) is 0 Å². The minimum atomic E-state index is -0.469. The number of anilines is 1. The van der Waals surface area contributed by atoms with Gasteiger partial charge in [0, 0.05) is 10.2 Å². The number of carbonyl (C=O) groups is 1. The number of tetrazole rings is 1. The topological polar surface area (TPSA) is 72.7 Å². The first-order valence-electron chi connectivity index (χ1n) is 7.30. The summed E-state index contributed by atoms with van der Waals surface area (Å²) in [5.41, 5.74) is 1.19. The minimum absolute atomic E-state index is 0.263. The van der Waals surface area contributed by atoms with Gasteiger partial charge < -0.3 is 5.32 Å². The molecule has 0 radical (unpaired) electrons.